The van der Waals surface area contributed by atoms with Gasteiger partial charge in [-0.3, -0.25) is 20.4 Å². The topological polar surface area (TPSA) is 67.4 Å². The van der Waals surface area contributed by atoms with Crippen molar-refractivity contribution < 1.29 is 14.3 Å². The zero-order valence-corrected chi connectivity index (χ0v) is 14.8. The Balaban J connectivity index is 1.94. The van der Waals surface area contributed by atoms with Crippen molar-refractivity contribution in [1.29, 1.82) is 0 Å². The molecule has 2 N–H and O–H groups in total. The number of para-hydroxylation sites is 1. The van der Waals surface area contributed by atoms with Crippen molar-refractivity contribution >= 4 is 11.8 Å². The quantitative estimate of drug-likeness (QED) is 0.792. The summed E-state index contributed by atoms with van der Waals surface area (Å²) < 4.78 is 5.80. The monoisotopic (exact) mass is 340 g/mol. The van der Waals surface area contributed by atoms with Gasteiger partial charge in [0.2, 0.25) is 0 Å². The second-order valence-electron chi connectivity index (χ2n) is 5.92. The maximum absolute atomic E-state index is 12.2. The van der Waals surface area contributed by atoms with Gasteiger partial charge in [0.1, 0.15) is 5.75 Å². The maximum Gasteiger partial charge on any atom is 0.279 e. The molecule has 0 bridgehead atoms. The molecule has 0 saturated heterocycles. The molecule has 0 aliphatic heterocycles. The Kier molecular flexibility index (Phi) is 6.57. The third-order valence-corrected chi connectivity index (χ3v) is 4.07. The number of ether oxygens (including phenoxy) is 1. The van der Waals surface area contributed by atoms with E-state index in [0.717, 1.165) is 12.0 Å². The number of hydrogen-bond acceptors (Lipinski definition) is 3. The molecule has 0 fully saturated rings. The Morgan fingerprint density at radius 1 is 0.960 bits per heavy atom. The Bertz CT molecular complexity index is 716. The average molecular weight is 340 g/mol. The zero-order valence-electron chi connectivity index (χ0n) is 14.8. The molecule has 25 heavy (non-hydrogen) atoms. The van der Waals surface area contributed by atoms with Gasteiger partial charge in [-0.05, 0) is 43.0 Å². The molecule has 0 radical (unpaired) electrons. The SMILES string of the molecule is CCC(C)c1ccccc1OC(C)C(=O)NNC(=O)c1ccccc1. The van der Waals surface area contributed by atoms with Crippen LogP contribution in [-0.2, 0) is 4.79 Å². The third kappa shape index (κ3) is 5.08. The first-order valence-electron chi connectivity index (χ1n) is 8.43. The largest absolute Gasteiger partial charge is 0.481 e. The van der Waals surface area contributed by atoms with E-state index in [1.807, 2.05) is 30.3 Å². The first-order chi connectivity index (χ1) is 12.0. The molecule has 0 aromatic heterocycles. The predicted octanol–water partition coefficient (Wildman–Crippen LogP) is 3.43. The lowest BCUT2D eigenvalue weighted by molar-refractivity contribution is -0.128. The van der Waals surface area contributed by atoms with Crippen molar-refractivity contribution in [3.8, 4) is 5.75 Å². The number of nitrogens with one attached hydrogen (secondary N) is 2. The van der Waals surface area contributed by atoms with Crippen LogP contribution in [0.3, 0.4) is 0 Å². The number of carbonyl (C=O) groups excluding carboxylic acids is 2. The van der Waals surface area contributed by atoms with E-state index < -0.39 is 12.0 Å². The molecule has 2 atom stereocenters. The third-order valence-electron chi connectivity index (χ3n) is 4.07. The minimum Gasteiger partial charge on any atom is -0.481 e. The molecule has 2 amide bonds. The summed E-state index contributed by atoms with van der Waals surface area (Å²) in [6.45, 7) is 5.88. The van der Waals surface area contributed by atoms with Crippen LogP contribution in [0, 0.1) is 0 Å². The van der Waals surface area contributed by atoms with E-state index in [1.54, 1.807) is 31.2 Å². The minimum absolute atomic E-state index is 0.337. The smallest absolute Gasteiger partial charge is 0.279 e. The molecule has 0 heterocycles. The van der Waals surface area contributed by atoms with Crippen LogP contribution in [-0.4, -0.2) is 17.9 Å². The number of carbonyl (C=O) groups is 2. The Morgan fingerprint density at radius 2 is 1.60 bits per heavy atom. The van der Waals surface area contributed by atoms with Gasteiger partial charge in [-0.2, -0.15) is 0 Å². The summed E-state index contributed by atoms with van der Waals surface area (Å²) >= 11 is 0. The summed E-state index contributed by atoms with van der Waals surface area (Å²) in [4.78, 5) is 24.1. The number of hydrazine groups is 1. The fourth-order valence-electron chi connectivity index (χ4n) is 2.34. The van der Waals surface area contributed by atoms with Crippen LogP contribution < -0.4 is 15.6 Å². The van der Waals surface area contributed by atoms with Gasteiger partial charge in [0.15, 0.2) is 6.10 Å². The standard InChI is InChI=1S/C20H24N2O3/c1-4-14(2)17-12-8-9-13-18(17)25-15(3)19(23)21-22-20(24)16-10-6-5-7-11-16/h5-15H,4H2,1-3H3,(H,21,23)(H,22,24). The molecule has 0 aliphatic rings. The highest BCUT2D eigenvalue weighted by molar-refractivity contribution is 5.95. The number of benzene rings is 2. The molecule has 5 heteroatoms. The van der Waals surface area contributed by atoms with Gasteiger partial charge < -0.3 is 4.74 Å². The first kappa shape index (κ1) is 18.5. The van der Waals surface area contributed by atoms with E-state index in [-0.39, 0.29) is 5.91 Å². The molecule has 5 nitrogen and oxygen atoms in total. The van der Waals surface area contributed by atoms with Gasteiger partial charge in [0.05, 0.1) is 0 Å². The Labute approximate surface area is 148 Å². The van der Waals surface area contributed by atoms with Crippen LogP contribution in [0.1, 0.15) is 49.0 Å². The molecule has 2 rings (SSSR count). The fourth-order valence-corrected chi connectivity index (χ4v) is 2.34. The van der Waals surface area contributed by atoms with Gasteiger partial charge in [0, 0.05) is 5.56 Å². The van der Waals surface area contributed by atoms with E-state index >= 15 is 0 Å². The molecule has 2 aromatic carbocycles. The van der Waals surface area contributed by atoms with E-state index in [9.17, 15) is 9.59 Å². The van der Waals surface area contributed by atoms with Crippen LogP contribution in [0.4, 0.5) is 0 Å². The number of rotatable bonds is 6. The first-order valence-corrected chi connectivity index (χ1v) is 8.43. The summed E-state index contributed by atoms with van der Waals surface area (Å²) in [6, 6.07) is 16.4. The van der Waals surface area contributed by atoms with E-state index in [4.69, 9.17) is 4.74 Å². The lowest BCUT2D eigenvalue weighted by atomic mass is 9.98. The highest BCUT2D eigenvalue weighted by atomic mass is 16.5. The van der Waals surface area contributed by atoms with Crippen LogP contribution in [0.15, 0.2) is 54.6 Å². The summed E-state index contributed by atoms with van der Waals surface area (Å²) in [6.07, 6.45) is 0.245. The Morgan fingerprint density at radius 3 is 2.28 bits per heavy atom. The van der Waals surface area contributed by atoms with Gasteiger partial charge in [-0.25, -0.2) is 0 Å². The predicted molar refractivity (Wildman–Crippen MR) is 97.3 cm³/mol. The fraction of sp³-hybridized carbons (Fsp3) is 0.300. The minimum atomic E-state index is -0.735. The lowest BCUT2D eigenvalue weighted by Gasteiger charge is -2.19. The molecule has 2 unspecified atom stereocenters. The van der Waals surface area contributed by atoms with Crippen molar-refractivity contribution in [2.45, 2.75) is 39.2 Å². The van der Waals surface area contributed by atoms with Gasteiger partial charge in [0.25, 0.3) is 11.8 Å². The lowest BCUT2D eigenvalue weighted by Crippen LogP contribution is -2.47. The molecular formula is C20H24N2O3. The number of amides is 2. The zero-order chi connectivity index (χ0) is 18.2. The second kappa shape index (κ2) is 8.87. The second-order valence-corrected chi connectivity index (χ2v) is 5.92. The van der Waals surface area contributed by atoms with Crippen molar-refractivity contribution in [2.75, 3.05) is 0 Å². The van der Waals surface area contributed by atoms with E-state index in [1.165, 1.54) is 0 Å². The van der Waals surface area contributed by atoms with Crippen molar-refractivity contribution in [1.82, 2.24) is 10.9 Å². The van der Waals surface area contributed by atoms with Crippen molar-refractivity contribution in [3.63, 3.8) is 0 Å². The summed E-state index contributed by atoms with van der Waals surface area (Å²) in [5, 5.41) is 0. The van der Waals surface area contributed by atoms with Crippen LogP contribution in [0.5, 0.6) is 5.75 Å². The molecule has 132 valence electrons. The van der Waals surface area contributed by atoms with Gasteiger partial charge >= 0.3 is 0 Å². The normalized spacial score (nSPS) is 12.8. The van der Waals surface area contributed by atoms with Crippen LogP contribution in [0.2, 0.25) is 0 Å². The molecule has 0 saturated carbocycles. The van der Waals surface area contributed by atoms with Crippen molar-refractivity contribution in [2.24, 2.45) is 0 Å². The average Bonchev–Trinajstić information content (AvgIpc) is 2.66. The summed E-state index contributed by atoms with van der Waals surface area (Å²) in [5.41, 5.74) is 6.33. The van der Waals surface area contributed by atoms with E-state index in [0.29, 0.717) is 17.2 Å². The Hall–Kier alpha value is -2.82. The van der Waals surface area contributed by atoms with Gasteiger partial charge in [-0.1, -0.05) is 50.2 Å². The van der Waals surface area contributed by atoms with Gasteiger partial charge in [-0.15, -0.1) is 0 Å². The summed E-state index contributed by atoms with van der Waals surface area (Å²) in [5.74, 6) is 0.238. The number of hydrogen-bond donors (Lipinski definition) is 2. The molecule has 0 spiro atoms. The van der Waals surface area contributed by atoms with Crippen molar-refractivity contribution in [3.05, 3.63) is 65.7 Å². The highest BCUT2D eigenvalue weighted by Crippen LogP contribution is 2.29. The summed E-state index contributed by atoms with van der Waals surface area (Å²) in [7, 11) is 0. The molecule has 2 aromatic rings. The van der Waals surface area contributed by atoms with Crippen LogP contribution in [0.25, 0.3) is 0 Å². The highest BCUT2D eigenvalue weighted by Gasteiger charge is 2.18. The van der Waals surface area contributed by atoms with E-state index in [2.05, 4.69) is 24.7 Å². The maximum atomic E-state index is 12.2. The molecule has 0 aliphatic carbocycles. The van der Waals surface area contributed by atoms with Crippen LogP contribution >= 0.6 is 0 Å². The molecular weight excluding hydrogens is 316 g/mol.